The van der Waals surface area contributed by atoms with Gasteiger partial charge in [-0.2, -0.15) is 0 Å². The predicted octanol–water partition coefficient (Wildman–Crippen LogP) is 7.78. The number of rotatable bonds is 5. The number of aliphatic carboxylic acids is 2. The number of aliphatic imine (C=N–C) groups is 2. The maximum absolute atomic E-state index is 11.5. The van der Waals surface area contributed by atoms with Gasteiger partial charge in [-0.15, -0.1) is 0 Å². The van der Waals surface area contributed by atoms with Crippen LogP contribution in [0, 0.1) is 0 Å². The van der Waals surface area contributed by atoms with Gasteiger partial charge in [-0.25, -0.2) is 9.59 Å². The number of carbonyl (C=O) groups is 2. The molecule has 0 aliphatic carbocycles. The first kappa shape index (κ1) is 50.0. The predicted molar refractivity (Wildman–Crippen MR) is 246 cm³/mol. The summed E-state index contributed by atoms with van der Waals surface area (Å²) in [5, 5.41) is 37.7. The Morgan fingerprint density at radius 2 is 1.21 bits per heavy atom. The van der Waals surface area contributed by atoms with Crippen LogP contribution in [0.25, 0.3) is 0 Å². The number of carboxylic acid groups (broad SMARTS) is 2. The normalized spacial score (nSPS) is 16.3. The fourth-order valence-corrected chi connectivity index (χ4v) is 8.56. The van der Waals surface area contributed by atoms with Crippen molar-refractivity contribution in [2.75, 3.05) is 52.9 Å². The number of aromatic hydroxyl groups is 2. The van der Waals surface area contributed by atoms with Crippen LogP contribution in [0.1, 0.15) is 130 Å². The Morgan fingerprint density at radius 1 is 0.677 bits per heavy atom. The molecule has 6 bridgehead atoms. The standard InChI is InChI=1S/C48H67N5O2.C2H2O4.Co/c1-47(2,3)42-29-38-17-10-14-35-19-20-36(37(28-35)15-8-9-24-52-26-13-27-53-25-12-23-51(7)46(52)53)16-11-18-39-30-43(48(4,5)6)32-41(45(39)55)34-50-22-21-49-33-40(31-42)44(38)54;3-1(4)2(5)6;/h19-20,28-34H,8-18,21-27H2,1-7H3,(H-,49,50,54,55);(H,3,4)(H,5,6);/p+1. The van der Waals surface area contributed by atoms with Crippen molar-refractivity contribution in [2.24, 2.45) is 9.98 Å². The van der Waals surface area contributed by atoms with E-state index in [-0.39, 0.29) is 27.6 Å². The van der Waals surface area contributed by atoms with Gasteiger partial charge >= 0.3 is 17.9 Å². The van der Waals surface area contributed by atoms with Crippen LogP contribution in [0.15, 0.2) is 52.4 Å². The minimum Gasteiger partial charge on any atom is -0.507 e. The molecule has 4 aliphatic rings. The maximum Gasteiger partial charge on any atom is 0.414 e. The van der Waals surface area contributed by atoms with Crippen LogP contribution in [-0.4, -0.2) is 118 Å². The van der Waals surface area contributed by atoms with Gasteiger partial charge in [0.2, 0.25) is 0 Å². The van der Waals surface area contributed by atoms with Gasteiger partial charge in [0.25, 0.3) is 0 Å². The fourth-order valence-electron chi connectivity index (χ4n) is 8.56. The summed E-state index contributed by atoms with van der Waals surface area (Å²) in [7, 11) is 2.26. The fraction of sp³-hybridized carbons (Fsp3) is 0.540. The molecule has 0 saturated carbocycles. The monoisotopic (exact) mass is 895 g/mol. The largest absolute Gasteiger partial charge is 0.507 e. The number of carboxylic acids is 2. The zero-order chi connectivity index (χ0) is 44.3. The Balaban J connectivity index is 0.00000113. The molecular formula is C50H70CoN5O6+. The Labute approximate surface area is 379 Å². The molecule has 4 heterocycles. The molecule has 0 atom stereocenters. The Kier molecular flexibility index (Phi) is 18.2. The number of aryl methyl sites for hydroxylation is 5. The van der Waals surface area contributed by atoms with E-state index in [2.05, 4.69) is 115 Å². The molecule has 3 aromatic carbocycles. The van der Waals surface area contributed by atoms with Crippen LogP contribution in [-0.2, 0) is 69.3 Å². The molecule has 12 heteroatoms. The maximum atomic E-state index is 11.5. The second-order valence-electron chi connectivity index (χ2n) is 19.0. The van der Waals surface area contributed by atoms with Gasteiger partial charge in [0.05, 0.1) is 52.9 Å². The van der Waals surface area contributed by atoms with Gasteiger partial charge in [0.15, 0.2) is 0 Å². The number of fused-ring (bicyclic) bond motifs is 10. The van der Waals surface area contributed by atoms with Crippen LogP contribution in [0.4, 0.5) is 0 Å². The van der Waals surface area contributed by atoms with E-state index in [4.69, 9.17) is 19.8 Å². The molecule has 4 aliphatic heterocycles. The molecule has 62 heavy (non-hydrogen) atoms. The second-order valence-corrected chi connectivity index (χ2v) is 19.0. The smallest absolute Gasteiger partial charge is 0.414 e. The Bertz CT molecular complexity index is 2100. The minimum absolute atomic E-state index is 0. The van der Waals surface area contributed by atoms with E-state index in [1.807, 2.05) is 12.4 Å². The summed E-state index contributed by atoms with van der Waals surface area (Å²) in [6.07, 6.45) is 15.1. The molecule has 339 valence electrons. The summed E-state index contributed by atoms with van der Waals surface area (Å²) in [4.78, 5) is 32.8. The summed E-state index contributed by atoms with van der Waals surface area (Å²) in [5.74, 6) is -1.52. The van der Waals surface area contributed by atoms with Crippen molar-refractivity contribution < 1.29 is 51.4 Å². The molecular weight excluding hydrogens is 826 g/mol. The topological polar surface area (TPSA) is 149 Å². The Morgan fingerprint density at radius 3 is 1.76 bits per heavy atom. The average molecular weight is 896 g/mol. The van der Waals surface area contributed by atoms with Crippen molar-refractivity contribution in [2.45, 2.75) is 123 Å². The van der Waals surface area contributed by atoms with Gasteiger partial charge in [0, 0.05) is 53.2 Å². The first-order valence-electron chi connectivity index (χ1n) is 22.3. The van der Waals surface area contributed by atoms with E-state index in [0.29, 0.717) is 24.6 Å². The molecule has 0 spiro atoms. The number of unbranched alkanes of at least 4 members (excludes halogenated alkanes) is 1. The van der Waals surface area contributed by atoms with Crippen molar-refractivity contribution in [3.05, 3.63) is 92.5 Å². The zero-order valence-corrected chi connectivity index (χ0v) is 39.1. The first-order valence-corrected chi connectivity index (χ1v) is 22.3. The third kappa shape index (κ3) is 13.9. The van der Waals surface area contributed by atoms with Crippen molar-refractivity contribution in [1.82, 2.24) is 9.80 Å². The summed E-state index contributed by atoms with van der Waals surface area (Å²) in [5.41, 5.74) is 10.1. The van der Waals surface area contributed by atoms with E-state index in [0.717, 1.165) is 86.8 Å². The number of hydrogen-bond donors (Lipinski definition) is 4. The van der Waals surface area contributed by atoms with Gasteiger partial charge in [0.1, 0.15) is 11.5 Å². The van der Waals surface area contributed by atoms with Crippen molar-refractivity contribution in [3.63, 3.8) is 0 Å². The van der Waals surface area contributed by atoms with Crippen LogP contribution in [0.2, 0.25) is 0 Å². The van der Waals surface area contributed by atoms with Gasteiger partial charge in [-0.1, -0.05) is 71.9 Å². The van der Waals surface area contributed by atoms with E-state index in [1.54, 1.807) is 0 Å². The van der Waals surface area contributed by atoms with E-state index in [9.17, 15) is 10.2 Å². The molecule has 0 amide bonds. The summed E-state index contributed by atoms with van der Waals surface area (Å²) in [6, 6.07) is 15.8. The van der Waals surface area contributed by atoms with Crippen LogP contribution in [0.3, 0.4) is 0 Å². The average Bonchev–Trinajstić information content (AvgIpc) is 3.19. The van der Waals surface area contributed by atoms with Crippen molar-refractivity contribution >= 4 is 30.3 Å². The molecule has 3 aromatic rings. The number of phenols is 2. The summed E-state index contributed by atoms with van der Waals surface area (Å²) >= 11 is 0. The third-order valence-corrected chi connectivity index (χ3v) is 12.1. The number of hydrogen-bond acceptors (Lipinski definition) is 8. The number of phenolic OH excluding ortho intramolecular Hbond substituents is 2. The number of benzene rings is 3. The van der Waals surface area contributed by atoms with Crippen LogP contribution in [0.5, 0.6) is 11.5 Å². The van der Waals surface area contributed by atoms with Gasteiger partial charge < -0.3 is 20.4 Å². The summed E-state index contributed by atoms with van der Waals surface area (Å²) < 4.78 is 2.47. The first-order chi connectivity index (χ1) is 28.9. The van der Waals surface area contributed by atoms with E-state index >= 15 is 0 Å². The molecule has 4 N–H and O–H groups in total. The molecule has 11 nitrogen and oxygen atoms in total. The van der Waals surface area contributed by atoms with Crippen molar-refractivity contribution in [1.29, 1.82) is 0 Å². The third-order valence-electron chi connectivity index (χ3n) is 12.1. The molecule has 1 radical (unpaired) electrons. The van der Waals surface area contributed by atoms with Crippen LogP contribution < -0.4 is 0 Å². The molecule has 0 aromatic heterocycles. The van der Waals surface area contributed by atoms with Gasteiger partial charge in [-0.05, 0) is 120 Å². The second kappa shape index (κ2) is 22.6. The van der Waals surface area contributed by atoms with Gasteiger partial charge in [-0.3, -0.25) is 24.4 Å². The molecule has 7 rings (SSSR count). The van der Waals surface area contributed by atoms with Crippen molar-refractivity contribution in [3.8, 4) is 11.5 Å². The Hall–Kier alpha value is -4.68. The molecule has 1 saturated heterocycles. The SMILES string of the molecule is C[N+]1=C2N(CCCCc3cc4ccc3CCCc3cc(C(C)(C)C)cc(c3O)C=NCCN=Cc3cc(C(C)(C)C)cc(c3O)CCC4)CCCN2CCC1.O=C(O)C(=O)O.[Co]. The molecule has 0 unspecified atom stereocenters. The van der Waals surface area contributed by atoms with E-state index < -0.39 is 11.9 Å². The number of nitrogens with zero attached hydrogens (tertiary/aromatic N) is 5. The summed E-state index contributed by atoms with van der Waals surface area (Å²) in [6.45, 7) is 20.2. The zero-order valence-electron chi connectivity index (χ0n) is 38.1. The molecule has 1 fully saturated rings. The minimum atomic E-state index is -1.82. The quantitative estimate of drug-likeness (QED) is 0.115. The van der Waals surface area contributed by atoms with Crippen LogP contribution >= 0.6 is 0 Å². The number of guanidine groups is 1. The van der Waals surface area contributed by atoms with E-state index in [1.165, 1.54) is 72.5 Å².